The number of carbonyl (C=O) groups is 2. The van der Waals surface area contributed by atoms with Gasteiger partial charge in [0, 0.05) is 23.0 Å². The molecule has 3 rings (SSSR count). The molecule has 9 nitrogen and oxygen atoms in total. The molecule has 1 amide bonds. The molecule has 0 bridgehead atoms. The van der Waals surface area contributed by atoms with Crippen molar-refractivity contribution in [3.05, 3.63) is 51.7 Å². The minimum absolute atomic E-state index is 0.153. The molecule has 2 heterocycles. The number of hydrogen-bond donors (Lipinski definition) is 5. The van der Waals surface area contributed by atoms with Crippen molar-refractivity contribution in [3.8, 4) is 0 Å². The molecule has 0 aliphatic carbocycles. The fourth-order valence-electron chi connectivity index (χ4n) is 4.98. The molecule has 2 aromatic rings. The van der Waals surface area contributed by atoms with E-state index in [9.17, 15) is 30.0 Å². The van der Waals surface area contributed by atoms with Crippen molar-refractivity contribution in [2.75, 3.05) is 18.1 Å². The summed E-state index contributed by atoms with van der Waals surface area (Å²) in [6.07, 6.45) is 3.01. The van der Waals surface area contributed by atoms with Gasteiger partial charge in [0.05, 0.1) is 6.61 Å². The van der Waals surface area contributed by atoms with E-state index in [1.807, 2.05) is 11.0 Å². The lowest BCUT2D eigenvalue weighted by Gasteiger charge is -2.25. The summed E-state index contributed by atoms with van der Waals surface area (Å²) in [6, 6.07) is 12.0. The van der Waals surface area contributed by atoms with Crippen LogP contribution in [0, 0.1) is 0 Å². The van der Waals surface area contributed by atoms with E-state index in [-0.39, 0.29) is 11.9 Å². The van der Waals surface area contributed by atoms with Gasteiger partial charge >= 0.3 is 5.97 Å². The van der Waals surface area contributed by atoms with Crippen LogP contribution >= 0.6 is 11.3 Å². The predicted octanol–water partition coefficient (Wildman–Crippen LogP) is 2.98. The molecule has 40 heavy (non-hydrogen) atoms. The Morgan fingerprint density at radius 3 is 2.40 bits per heavy atom. The van der Waals surface area contributed by atoms with E-state index >= 15 is 0 Å². The Morgan fingerprint density at radius 2 is 1.70 bits per heavy atom. The summed E-state index contributed by atoms with van der Waals surface area (Å²) in [4.78, 5) is 28.3. The van der Waals surface area contributed by atoms with Crippen LogP contribution < -0.4 is 4.90 Å². The van der Waals surface area contributed by atoms with Crippen molar-refractivity contribution in [1.82, 2.24) is 0 Å². The van der Waals surface area contributed by atoms with Crippen molar-refractivity contribution >= 4 is 28.9 Å². The van der Waals surface area contributed by atoms with Gasteiger partial charge in [-0.3, -0.25) is 4.79 Å². The number of unbranched alkanes of at least 4 members (excludes halogenated alkanes) is 3. The lowest BCUT2D eigenvalue weighted by molar-refractivity contribution is -0.124. The fraction of sp³-hybridized carbons (Fsp3) is 0.600. The molecule has 5 atom stereocenters. The highest BCUT2D eigenvalue weighted by Crippen LogP contribution is 2.30. The van der Waals surface area contributed by atoms with Gasteiger partial charge in [0.1, 0.15) is 35.9 Å². The van der Waals surface area contributed by atoms with Crippen molar-refractivity contribution in [2.45, 2.75) is 102 Å². The Hall–Kier alpha value is -2.34. The van der Waals surface area contributed by atoms with Gasteiger partial charge in [-0.25, -0.2) is 4.79 Å². The molecule has 222 valence electrons. The minimum Gasteiger partial charge on any atom is -0.459 e. The molecule has 0 saturated carbocycles. The highest BCUT2D eigenvalue weighted by atomic mass is 32.1. The molecule has 1 fully saturated rings. The van der Waals surface area contributed by atoms with Crippen LogP contribution in [-0.2, 0) is 22.4 Å². The third-order valence-electron chi connectivity index (χ3n) is 7.39. The first-order chi connectivity index (χ1) is 19.2. The Labute approximate surface area is 240 Å². The monoisotopic (exact) mass is 577 g/mol. The van der Waals surface area contributed by atoms with E-state index < -0.39 is 43.6 Å². The highest BCUT2D eigenvalue weighted by Gasteiger charge is 2.32. The van der Waals surface area contributed by atoms with Crippen LogP contribution in [-0.4, -0.2) is 81.1 Å². The highest BCUT2D eigenvalue weighted by molar-refractivity contribution is 7.13. The summed E-state index contributed by atoms with van der Waals surface area (Å²) in [6.45, 7) is 0.846. The third kappa shape index (κ3) is 9.09. The first-order valence-corrected chi connectivity index (χ1v) is 15.1. The molecule has 0 unspecified atom stereocenters. The maximum absolute atomic E-state index is 12.7. The van der Waals surface area contributed by atoms with Crippen molar-refractivity contribution in [1.29, 1.82) is 0 Å². The summed E-state index contributed by atoms with van der Waals surface area (Å²) in [5, 5.41) is 47.7. The lowest BCUT2D eigenvalue weighted by Crippen LogP contribution is -2.47. The largest absolute Gasteiger partial charge is 0.459 e. The number of aliphatic hydroxyl groups is 5. The van der Waals surface area contributed by atoms with Crippen LogP contribution in [0.1, 0.15) is 78.4 Å². The first kappa shape index (κ1) is 32.2. The van der Waals surface area contributed by atoms with Crippen LogP contribution in [0.3, 0.4) is 0 Å². The average molecular weight is 578 g/mol. The molecule has 10 heteroatoms. The molecular formula is C30H43NO8S. The number of ether oxygens (including phenoxy) is 1. The number of aryl methyl sites for hydroxylation is 2. The second kappa shape index (κ2) is 16.2. The zero-order chi connectivity index (χ0) is 29.1. The molecule has 5 N–H and O–H groups in total. The zero-order valence-corrected chi connectivity index (χ0v) is 24.0. The Bertz CT molecular complexity index is 1060. The van der Waals surface area contributed by atoms with E-state index in [0.29, 0.717) is 11.3 Å². The van der Waals surface area contributed by atoms with Gasteiger partial charge < -0.3 is 35.2 Å². The maximum Gasteiger partial charge on any atom is 0.348 e. The fourth-order valence-corrected chi connectivity index (χ4v) is 5.92. The number of carbonyl (C=O) groups excluding carboxylic acids is 2. The van der Waals surface area contributed by atoms with Gasteiger partial charge in [-0.15, -0.1) is 11.3 Å². The van der Waals surface area contributed by atoms with Crippen molar-refractivity contribution in [3.63, 3.8) is 0 Å². The number of rotatable bonds is 17. The van der Waals surface area contributed by atoms with Crippen LogP contribution in [0.4, 0.5) is 5.69 Å². The second-order valence-electron chi connectivity index (χ2n) is 10.5. The Kier molecular flexibility index (Phi) is 13.0. The molecule has 1 aromatic carbocycles. The number of anilines is 1. The smallest absolute Gasteiger partial charge is 0.348 e. The quantitative estimate of drug-likeness (QED) is 0.142. The van der Waals surface area contributed by atoms with E-state index in [0.717, 1.165) is 42.7 Å². The molecule has 1 saturated heterocycles. The summed E-state index contributed by atoms with van der Waals surface area (Å²) in [5.74, 6) is -0.506. The minimum atomic E-state index is -1.79. The Morgan fingerprint density at radius 1 is 0.975 bits per heavy atom. The lowest BCUT2D eigenvalue weighted by atomic mass is 10.0. The van der Waals surface area contributed by atoms with Crippen molar-refractivity contribution in [2.24, 2.45) is 0 Å². The van der Waals surface area contributed by atoms with E-state index in [4.69, 9.17) is 9.84 Å². The van der Waals surface area contributed by atoms with Crippen molar-refractivity contribution < 1.29 is 39.9 Å². The summed E-state index contributed by atoms with van der Waals surface area (Å²) >= 11 is 1.29. The summed E-state index contributed by atoms with van der Waals surface area (Å²) in [7, 11) is 0. The molecule has 1 aromatic heterocycles. The molecule has 0 spiro atoms. The van der Waals surface area contributed by atoms with E-state index in [2.05, 4.69) is 31.2 Å². The summed E-state index contributed by atoms with van der Waals surface area (Å²) in [5.41, 5.74) is 2.26. The van der Waals surface area contributed by atoms with Crippen LogP contribution in [0.25, 0.3) is 0 Å². The molecule has 1 aliphatic rings. The van der Waals surface area contributed by atoms with Crippen LogP contribution in [0.15, 0.2) is 36.4 Å². The summed E-state index contributed by atoms with van der Waals surface area (Å²) < 4.78 is 5.05. The first-order valence-electron chi connectivity index (χ1n) is 14.2. The number of benzene rings is 1. The molecule has 0 radical (unpaired) electrons. The zero-order valence-electron chi connectivity index (χ0n) is 23.2. The topological polar surface area (TPSA) is 148 Å². The van der Waals surface area contributed by atoms with Gasteiger partial charge in [-0.1, -0.05) is 38.3 Å². The SMILES string of the molecule is CCCCCCc1ccc(N2C(=O)CC[C@@H]2CCCc2ccc(C(=O)OC[C@@H](O)[C@H](O)[C@H](O)[C@@H](O)CO)s2)cc1. The van der Waals surface area contributed by atoms with Gasteiger partial charge in [-0.05, 0) is 68.4 Å². The van der Waals surface area contributed by atoms with Gasteiger partial charge in [-0.2, -0.15) is 0 Å². The van der Waals surface area contributed by atoms with Crippen LogP contribution in [0.2, 0.25) is 0 Å². The number of thiophene rings is 1. The molecular weight excluding hydrogens is 534 g/mol. The van der Waals surface area contributed by atoms with E-state index in [1.54, 1.807) is 6.07 Å². The maximum atomic E-state index is 12.7. The van der Waals surface area contributed by atoms with E-state index in [1.165, 1.54) is 42.6 Å². The molecule has 1 aliphatic heterocycles. The average Bonchev–Trinajstić information content (AvgIpc) is 3.59. The van der Waals surface area contributed by atoms with Gasteiger partial charge in [0.15, 0.2) is 0 Å². The normalized spacial score (nSPS) is 18.5. The number of amides is 1. The Balaban J connectivity index is 1.45. The van der Waals surface area contributed by atoms with Gasteiger partial charge in [0.2, 0.25) is 5.91 Å². The number of hydrogen-bond acceptors (Lipinski definition) is 9. The number of aliphatic hydroxyl groups excluding tert-OH is 5. The number of nitrogens with zero attached hydrogens (tertiary/aromatic N) is 1. The number of esters is 1. The third-order valence-corrected chi connectivity index (χ3v) is 8.52. The van der Waals surface area contributed by atoms with Gasteiger partial charge in [0.25, 0.3) is 0 Å². The standard InChI is InChI=1S/C30H43NO8S/c1-2-3-4-5-7-20-10-12-22(13-11-20)31-21(14-17-27(31)35)8-6-9-23-15-16-26(40-23)30(38)39-19-25(34)29(37)28(36)24(33)18-32/h10-13,15-16,21,24-25,28-29,32-34,36-37H,2-9,14,17-19H2,1H3/t21-,24-,25+,28+,29-/m0/s1. The predicted molar refractivity (Wildman–Crippen MR) is 153 cm³/mol. The van der Waals surface area contributed by atoms with Crippen LogP contribution in [0.5, 0.6) is 0 Å². The second-order valence-corrected chi connectivity index (χ2v) is 11.7.